The maximum Gasteiger partial charge on any atom is 0.267 e. The molecule has 0 bridgehead atoms. The van der Waals surface area contributed by atoms with Crippen molar-refractivity contribution in [2.75, 3.05) is 0 Å². The lowest BCUT2D eigenvalue weighted by Gasteiger charge is -2.07. The van der Waals surface area contributed by atoms with Gasteiger partial charge in [0.1, 0.15) is 6.54 Å². The standard InChI is InChI=1S/C14H13N3O/c1-10-3-4-12(11(2)9-10)13-5-6-14(18)17(16-13)8-7-15/h3-6,9H,8H2,1-2H3. The van der Waals surface area contributed by atoms with Crippen molar-refractivity contribution in [2.24, 2.45) is 0 Å². The molecule has 0 amide bonds. The predicted octanol–water partition coefficient (Wildman–Crippen LogP) is 2.05. The van der Waals surface area contributed by atoms with Crippen molar-refractivity contribution in [2.45, 2.75) is 20.4 Å². The molecule has 1 aromatic heterocycles. The molecule has 18 heavy (non-hydrogen) atoms. The number of nitriles is 1. The quantitative estimate of drug-likeness (QED) is 0.805. The van der Waals surface area contributed by atoms with Gasteiger partial charge < -0.3 is 0 Å². The van der Waals surface area contributed by atoms with Crippen LogP contribution in [0.4, 0.5) is 0 Å². The number of rotatable bonds is 2. The van der Waals surface area contributed by atoms with Crippen LogP contribution < -0.4 is 5.56 Å². The number of nitrogens with zero attached hydrogens (tertiary/aromatic N) is 3. The molecule has 0 saturated heterocycles. The zero-order chi connectivity index (χ0) is 13.1. The molecule has 0 spiro atoms. The van der Waals surface area contributed by atoms with Crippen LogP contribution in [0.25, 0.3) is 11.3 Å². The molecule has 2 aromatic rings. The maximum absolute atomic E-state index is 11.5. The summed E-state index contributed by atoms with van der Waals surface area (Å²) in [7, 11) is 0. The summed E-state index contributed by atoms with van der Waals surface area (Å²) in [6.07, 6.45) is 0. The number of benzene rings is 1. The van der Waals surface area contributed by atoms with Crippen LogP contribution >= 0.6 is 0 Å². The molecule has 90 valence electrons. The summed E-state index contributed by atoms with van der Waals surface area (Å²) in [4.78, 5) is 11.5. The van der Waals surface area contributed by atoms with Gasteiger partial charge in [0, 0.05) is 11.6 Å². The normalized spacial score (nSPS) is 10.1. The molecule has 4 heteroatoms. The highest BCUT2D eigenvalue weighted by Crippen LogP contribution is 2.21. The highest BCUT2D eigenvalue weighted by Gasteiger charge is 2.06. The van der Waals surface area contributed by atoms with E-state index < -0.39 is 0 Å². The van der Waals surface area contributed by atoms with E-state index in [2.05, 4.69) is 11.2 Å². The number of hydrogen-bond acceptors (Lipinski definition) is 3. The number of hydrogen-bond donors (Lipinski definition) is 0. The third-order valence-corrected chi connectivity index (χ3v) is 2.74. The van der Waals surface area contributed by atoms with Gasteiger partial charge in [-0.05, 0) is 25.5 Å². The van der Waals surface area contributed by atoms with Crippen LogP contribution in [-0.4, -0.2) is 9.78 Å². The SMILES string of the molecule is Cc1ccc(-c2ccc(=O)n(CC#N)n2)c(C)c1. The Labute approximate surface area is 105 Å². The molecule has 0 N–H and O–H groups in total. The first-order valence-electron chi connectivity index (χ1n) is 5.64. The molecular formula is C14H13N3O. The Morgan fingerprint density at radius 1 is 1.28 bits per heavy atom. The van der Waals surface area contributed by atoms with Crippen LogP contribution in [0, 0.1) is 25.2 Å². The highest BCUT2D eigenvalue weighted by atomic mass is 16.1. The average molecular weight is 239 g/mol. The average Bonchev–Trinajstić information content (AvgIpc) is 2.33. The Morgan fingerprint density at radius 3 is 2.72 bits per heavy atom. The van der Waals surface area contributed by atoms with E-state index in [0.29, 0.717) is 5.69 Å². The summed E-state index contributed by atoms with van der Waals surface area (Å²) in [5, 5.41) is 12.9. The Morgan fingerprint density at radius 2 is 2.06 bits per heavy atom. The molecular weight excluding hydrogens is 226 g/mol. The first-order valence-corrected chi connectivity index (χ1v) is 5.64. The molecule has 0 fully saturated rings. The summed E-state index contributed by atoms with van der Waals surface area (Å²) >= 11 is 0. The van der Waals surface area contributed by atoms with Crippen LogP contribution in [0.15, 0.2) is 35.1 Å². The van der Waals surface area contributed by atoms with Gasteiger partial charge in [-0.15, -0.1) is 0 Å². The van der Waals surface area contributed by atoms with Crippen molar-refractivity contribution >= 4 is 0 Å². The van der Waals surface area contributed by atoms with Crippen molar-refractivity contribution in [3.63, 3.8) is 0 Å². The topological polar surface area (TPSA) is 58.7 Å². The second kappa shape index (κ2) is 4.84. The third kappa shape index (κ3) is 2.30. The fraction of sp³-hybridized carbons (Fsp3) is 0.214. The minimum atomic E-state index is -0.259. The third-order valence-electron chi connectivity index (χ3n) is 2.74. The molecule has 4 nitrogen and oxygen atoms in total. The molecule has 2 rings (SSSR count). The maximum atomic E-state index is 11.5. The number of aromatic nitrogens is 2. The van der Waals surface area contributed by atoms with Crippen molar-refractivity contribution in [3.05, 3.63) is 51.8 Å². The van der Waals surface area contributed by atoms with E-state index in [1.54, 1.807) is 6.07 Å². The van der Waals surface area contributed by atoms with Crippen LogP contribution in [0.1, 0.15) is 11.1 Å². The van der Waals surface area contributed by atoms with Crippen molar-refractivity contribution < 1.29 is 0 Å². The molecule has 0 atom stereocenters. The first kappa shape index (κ1) is 12.1. The van der Waals surface area contributed by atoms with Crippen LogP contribution in [-0.2, 0) is 6.54 Å². The lowest BCUT2D eigenvalue weighted by atomic mass is 10.0. The smallest absolute Gasteiger partial charge is 0.267 e. The van der Waals surface area contributed by atoms with Crippen LogP contribution in [0.5, 0.6) is 0 Å². The summed E-state index contributed by atoms with van der Waals surface area (Å²) in [5.41, 5.74) is 3.71. The Kier molecular flexibility index (Phi) is 3.24. The molecule has 0 aliphatic heterocycles. The monoisotopic (exact) mass is 239 g/mol. The molecule has 1 aromatic carbocycles. The molecule has 0 saturated carbocycles. The van der Waals surface area contributed by atoms with Gasteiger partial charge in [0.25, 0.3) is 5.56 Å². The molecule has 0 aliphatic rings. The molecule has 0 unspecified atom stereocenters. The molecule has 0 aliphatic carbocycles. The van der Waals surface area contributed by atoms with E-state index in [9.17, 15) is 4.79 Å². The van der Waals surface area contributed by atoms with Gasteiger partial charge in [0.15, 0.2) is 0 Å². The lowest BCUT2D eigenvalue weighted by Crippen LogP contribution is -2.21. The van der Waals surface area contributed by atoms with Gasteiger partial charge in [0.2, 0.25) is 0 Å². The van der Waals surface area contributed by atoms with Crippen molar-refractivity contribution in [1.82, 2.24) is 9.78 Å². The van der Waals surface area contributed by atoms with Gasteiger partial charge >= 0.3 is 0 Å². The lowest BCUT2D eigenvalue weighted by molar-refractivity contribution is 0.662. The highest BCUT2D eigenvalue weighted by molar-refractivity contribution is 5.63. The first-order chi connectivity index (χ1) is 8.61. The van der Waals surface area contributed by atoms with E-state index in [4.69, 9.17) is 5.26 Å². The summed E-state index contributed by atoms with van der Waals surface area (Å²) in [6, 6.07) is 11.1. The van der Waals surface area contributed by atoms with Crippen molar-refractivity contribution in [1.29, 1.82) is 5.26 Å². The predicted molar refractivity (Wildman–Crippen MR) is 69.0 cm³/mol. The molecule has 1 heterocycles. The van der Waals surface area contributed by atoms with E-state index in [1.165, 1.54) is 16.3 Å². The van der Waals surface area contributed by atoms with E-state index in [-0.39, 0.29) is 12.1 Å². The number of aryl methyl sites for hydroxylation is 2. The second-order valence-corrected chi connectivity index (χ2v) is 4.19. The summed E-state index contributed by atoms with van der Waals surface area (Å²) in [6.45, 7) is 4.00. The molecule has 0 radical (unpaired) electrons. The van der Waals surface area contributed by atoms with Crippen molar-refractivity contribution in [3.8, 4) is 17.3 Å². The zero-order valence-corrected chi connectivity index (χ0v) is 10.3. The Bertz CT molecular complexity index is 680. The van der Waals surface area contributed by atoms with E-state index in [1.807, 2.05) is 32.0 Å². The van der Waals surface area contributed by atoms with Gasteiger partial charge in [-0.2, -0.15) is 10.4 Å². The van der Waals surface area contributed by atoms with Crippen LogP contribution in [0.2, 0.25) is 0 Å². The van der Waals surface area contributed by atoms with Gasteiger partial charge in [0.05, 0.1) is 11.8 Å². The van der Waals surface area contributed by atoms with Gasteiger partial charge in [-0.1, -0.05) is 23.8 Å². The van der Waals surface area contributed by atoms with E-state index in [0.717, 1.165) is 11.1 Å². The second-order valence-electron chi connectivity index (χ2n) is 4.19. The Balaban J connectivity index is 2.55. The fourth-order valence-electron chi connectivity index (χ4n) is 1.87. The Hall–Kier alpha value is -2.41. The minimum absolute atomic E-state index is 0.0302. The summed E-state index contributed by atoms with van der Waals surface area (Å²) < 4.78 is 1.18. The fourth-order valence-corrected chi connectivity index (χ4v) is 1.87. The minimum Gasteiger partial charge on any atom is -0.268 e. The zero-order valence-electron chi connectivity index (χ0n) is 10.3. The largest absolute Gasteiger partial charge is 0.268 e. The van der Waals surface area contributed by atoms with Gasteiger partial charge in [-0.3, -0.25) is 4.79 Å². The summed E-state index contributed by atoms with van der Waals surface area (Å²) in [5.74, 6) is 0. The van der Waals surface area contributed by atoms with E-state index >= 15 is 0 Å². The van der Waals surface area contributed by atoms with Crippen LogP contribution in [0.3, 0.4) is 0 Å². The van der Waals surface area contributed by atoms with Gasteiger partial charge in [-0.25, -0.2) is 4.68 Å².